The zero-order valence-corrected chi connectivity index (χ0v) is 13.7. The molecule has 0 atom stereocenters. The van der Waals surface area contributed by atoms with Gasteiger partial charge in [-0.2, -0.15) is 0 Å². The Morgan fingerprint density at radius 2 is 1.35 bits per heavy atom. The molecule has 0 heterocycles. The third-order valence-corrected chi connectivity index (χ3v) is 3.84. The molecule has 0 rings (SSSR count). The van der Waals surface area contributed by atoms with Gasteiger partial charge < -0.3 is 19.7 Å². The van der Waals surface area contributed by atoms with Crippen molar-refractivity contribution in [2.45, 2.75) is 51.4 Å². The minimum absolute atomic E-state index is 0.140. The highest BCUT2D eigenvalue weighted by atomic mass is 16.5. The van der Waals surface area contributed by atoms with Crippen LogP contribution in [-0.4, -0.2) is 35.4 Å². The normalized spacial score (nSPS) is 10.8. The predicted octanol–water partition coefficient (Wildman–Crippen LogP) is 3.58. The summed E-state index contributed by atoms with van der Waals surface area (Å²) in [5.41, 5.74) is -0.999. The Morgan fingerprint density at radius 3 is 1.70 bits per heavy atom. The molecular formula is C17H28O6. The van der Waals surface area contributed by atoms with Crippen LogP contribution in [0.1, 0.15) is 51.4 Å². The second kappa shape index (κ2) is 12.6. The van der Waals surface area contributed by atoms with Crippen LogP contribution >= 0.6 is 0 Å². The Morgan fingerprint density at radius 1 is 0.870 bits per heavy atom. The van der Waals surface area contributed by atoms with Crippen LogP contribution in [0.25, 0.3) is 0 Å². The van der Waals surface area contributed by atoms with Crippen molar-refractivity contribution in [3.05, 3.63) is 25.7 Å². The minimum Gasteiger partial charge on any atom is -0.502 e. The van der Waals surface area contributed by atoms with Gasteiger partial charge in [0, 0.05) is 6.42 Å². The van der Waals surface area contributed by atoms with Crippen molar-refractivity contribution >= 4 is 11.9 Å². The van der Waals surface area contributed by atoms with E-state index in [1.165, 1.54) is 12.5 Å². The van der Waals surface area contributed by atoms with Crippen molar-refractivity contribution in [3.63, 3.8) is 0 Å². The Balaban J connectivity index is 4.60. The van der Waals surface area contributed by atoms with E-state index in [2.05, 4.69) is 13.2 Å². The molecule has 0 radical (unpaired) electrons. The van der Waals surface area contributed by atoms with Crippen molar-refractivity contribution in [2.75, 3.05) is 13.2 Å². The van der Waals surface area contributed by atoms with Crippen LogP contribution < -0.4 is 0 Å². The van der Waals surface area contributed by atoms with E-state index in [4.69, 9.17) is 14.6 Å². The fourth-order valence-corrected chi connectivity index (χ4v) is 2.51. The van der Waals surface area contributed by atoms with E-state index in [9.17, 15) is 14.7 Å². The van der Waals surface area contributed by atoms with Crippen molar-refractivity contribution < 1.29 is 29.3 Å². The summed E-state index contributed by atoms with van der Waals surface area (Å²) in [5.74, 6) is -1.89. The lowest BCUT2D eigenvalue weighted by atomic mass is 9.74. The molecule has 0 aromatic heterocycles. The number of unbranched alkanes of at least 4 members (excludes halogenated alkanes) is 2. The first-order valence-electron chi connectivity index (χ1n) is 7.88. The molecule has 132 valence electrons. The highest BCUT2D eigenvalue weighted by Crippen LogP contribution is 2.36. The predicted molar refractivity (Wildman–Crippen MR) is 86.9 cm³/mol. The third-order valence-electron chi connectivity index (χ3n) is 3.84. The smallest absolute Gasteiger partial charge is 0.309 e. The number of carboxylic acids is 2. The van der Waals surface area contributed by atoms with Gasteiger partial charge in [0.25, 0.3) is 0 Å². The van der Waals surface area contributed by atoms with Gasteiger partial charge in [-0.25, -0.2) is 0 Å². The zero-order chi connectivity index (χ0) is 17.6. The molecule has 0 aliphatic rings. The number of hydrogen-bond acceptors (Lipinski definition) is 4. The first kappa shape index (κ1) is 21.0. The minimum atomic E-state index is -0.999. The van der Waals surface area contributed by atoms with Gasteiger partial charge in [-0.1, -0.05) is 13.2 Å². The van der Waals surface area contributed by atoms with Gasteiger partial charge in [0.15, 0.2) is 0 Å². The second-order valence-corrected chi connectivity index (χ2v) is 5.47. The van der Waals surface area contributed by atoms with Gasteiger partial charge in [-0.15, -0.1) is 0 Å². The maximum Gasteiger partial charge on any atom is 0.309 e. The van der Waals surface area contributed by atoms with Gasteiger partial charge in [-0.3, -0.25) is 9.59 Å². The monoisotopic (exact) mass is 328 g/mol. The number of hydrogen-bond donors (Lipinski definition) is 2. The molecule has 23 heavy (non-hydrogen) atoms. The van der Waals surface area contributed by atoms with Gasteiger partial charge in [-0.05, 0) is 44.9 Å². The van der Waals surface area contributed by atoms with Crippen molar-refractivity contribution in [1.82, 2.24) is 0 Å². The van der Waals surface area contributed by atoms with Crippen molar-refractivity contribution in [3.8, 4) is 0 Å². The van der Waals surface area contributed by atoms with Gasteiger partial charge in [0.1, 0.15) is 0 Å². The summed E-state index contributed by atoms with van der Waals surface area (Å²) in [5, 5.41) is 18.5. The molecule has 0 aliphatic carbocycles. The highest BCUT2D eigenvalue weighted by Gasteiger charge is 2.37. The van der Waals surface area contributed by atoms with Crippen LogP contribution in [0.3, 0.4) is 0 Å². The Bertz CT molecular complexity index is 359. The molecule has 0 bridgehead atoms. The molecule has 0 amide bonds. The van der Waals surface area contributed by atoms with Crippen LogP contribution in [0.5, 0.6) is 0 Å². The van der Waals surface area contributed by atoms with Crippen molar-refractivity contribution in [2.24, 2.45) is 5.41 Å². The van der Waals surface area contributed by atoms with E-state index in [-0.39, 0.29) is 12.8 Å². The molecule has 6 nitrogen and oxygen atoms in total. The number of aliphatic carboxylic acids is 2. The molecule has 0 spiro atoms. The molecule has 0 saturated carbocycles. The first-order chi connectivity index (χ1) is 11.0. The molecule has 0 unspecified atom stereocenters. The van der Waals surface area contributed by atoms with E-state index < -0.39 is 17.4 Å². The average molecular weight is 328 g/mol. The lowest BCUT2D eigenvalue weighted by Crippen LogP contribution is -2.32. The fourth-order valence-electron chi connectivity index (χ4n) is 2.51. The molecule has 0 aromatic carbocycles. The topological polar surface area (TPSA) is 93.1 Å². The molecule has 0 fully saturated rings. The van der Waals surface area contributed by atoms with Crippen LogP contribution in [-0.2, 0) is 19.1 Å². The number of ether oxygens (including phenoxy) is 2. The first-order valence-corrected chi connectivity index (χ1v) is 7.88. The maximum absolute atomic E-state index is 11.8. The van der Waals surface area contributed by atoms with Crippen LogP contribution in [0.15, 0.2) is 25.7 Å². The second-order valence-electron chi connectivity index (χ2n) is 5.47. The van der Waals surface area contributed by atoms with E-state index in [1.54, 1.807) is 0 Å². The van der Waals surface area contributed by atoms with Crippen LogP contribution in [0.4, 0.5) is 0 Å². The van der Waals surface area contributed by atoms with Gasteiger partial charge in [0.2, 0.25) is 0 Å². The van der Waals surface area contributed by atoms with Gasteiger partial charge in [0.05, 0.1) is 31.2 Å². The quantitative estimate of drug-likeness (QED) is 0.332. The van der Waals surface area contributed by atoms with E-state index in [0.29, 0.717) is 51.7 Å². The van der Waals surface area contributed by atoms with E-state index in [1.807, 2.05) is 0 Å². The zero-order valence-electron chi connectivity index (χ0n) is 13.7. The molecule has 0 aromatic rings. The summed E-state index contributed by atoms with van der Waals surface area (Å²) >= 11 is 0. The molecule has 0 aliphatic heterocycles. The summed E-state index contributed by atoms with van der Waals surface area (Å²) in [4.78, 5) is 22.6. The van der Waals surface area contributed by atoms with E-state index in [0.717, 1.165) is 0 Å². The summed E-state index contributed by atoms with van der Waals surface area (Å²) < 4.78 is 10.1. The number of rotatable bonds is 16. The molecule has 0 saturated heterocycles. The molecular weight excluding hydrogens is 300 g/mol. The largest absolute Gasteiger partial charge is 0.502 e. The highest BCUT2D eigenvalue weighted by molar-refractivity contribution is 5.76. The Kier molecular flexibility index (Phi) is 11.5. The maximum atomic E-state index is 11.8. The Labute approximate surface area is 137 Å². The lowest BCUT2D eigenvalue weighted by Gasteiger charge is -2.29. The number of carbonyl (C=O) groups is 2. The van der Waals surface area contributed by atoms with Crippen LogP contribution in [0.2, 0.25) is 0 Å². The van der Waals surface area contributed by atoms with Crippen molar-refractivity contribution in [1.29, 1.82) is 0 Å². The Hall–Kier alpha value is -1.98. The molecule has 2 N–H and O–H groups in total. The number of carboxylic acid groups (broad SMARTS) is 2. The SMILES string of the molecule is C=COCCCCC(CCCCOC=C)(CCC(=O)O)C(=O)O. The summed E-state index contributed by atoms with van der Waals surface area (Å²) in [6.07, 6.45) is 6.37. The fraction of sp³-hybridized carbons (Fsp3) is 0.647. The standard InChI is InChI=1S/C17H28O6/c1-3-22-13-7-5-10-17(16(20)21,12-9-15(18)19)11-6-8-14-23-4-2/h3-4H,1-2,5-14H2,(H,18,19)(H,20,21). The summed E-state index contributed by atoms with van der Waals surface area (Å²) in [6.45, 7) is 7.88. The van der Waals surface area contributed by atoms with Gasteiger partial charge >= 0.3 is 11.9 Å². The summed E-state index contributed by atoms with van der Waals surface area (Å²) in [7, 11) is 0. The average Bonchev–Trinajstić information content (AvgIpc) is 2.51. The third kappa shape index (κ3) is 9.60. The summed E-state index contributed by atoms with van der Waals surface area (Å²) in [6, 6.07) is 0. The van der Waals surface area contributed by atoms with Crippen LogP contribution in [0, 0.1) is 5.41 Å². The molecule has 6 heteroatoms. The lowest BCUT2D eigenvalue weighted by molar-refractivity contribution is -0.151. The van der Waals surface area contributed by atoms with E-state index >= 15 is 0 Å².